The molecule has 0 radical (unpaired) electrons. The van der Waals surface area contributed by atoms with E-state index < -0.39 is 0 Å². The highest BCUT2D eigenvalue weighted by molar-refractivity contribution is 9.10. The summed E-state index contributed by atoms with van der Waals surface area (Å²) in [6.07, 6.45) is 16.9. The highest BCUT2D eigenvalue weighted by Gasteiger charge is 2.37. The Labute approximate surface area is 168 Å². The number of nitrogens with zero attached hydrogens (tertiary/aromatic N) is 2. The lowest BCUT2D eigenvalue weighted by atomic mass is 9.94. The van der Waals surface area contributed by atoms with Gasteiger partial charge in [0.05, 0.1) is 17.4 Å². The number of hydrogen-bond donors (Lipinski definition) is 0. The number of para-hydroxylation sites is 1. The van der Waals surface area contributed by atoms with Crippen molar-refractivity contribution >= 4 is 33.0 Å². The summed E-state index contributed by atoms with van der Waals surface area (Å²) >= 11 is 3.69. The molecule has 134 valence electrons. The van der Waals surface area contributed by atoms with Gasteiger partial charge in [0.1, 0.15) is 0 Å². The minimum Gasteiger partial charge on any atom is -0.330 e. The van der Waals surface area contributed by atoms with Gasteiger partial charge in [0.25, 0.3) is 0 Å². The van der Waals surface area contributed by atoms with E-state index in [0.717, 1.165) is 23.7 Å². The molecule has 5 rings (SSSR count). The smallest absolute Gasteiger partial charge is 0.0781 e. The van der Waals surface area contributed by atoms with Gasteiger partial charge in [-0.15, -0.1) is 0 Å². The molecule has 2 aliphatic carbocycles. The van der Waals surface area contributed by atoms with Gasteiger partial charge in [0.2, 0.25) is 0 Å². The van der Waals surface area contributed by atoms with Crippen molar-refractivity contribution in [1.29, 1.82) is 0 Å². The van der Waals surface area contributed by atoms with E-state index in [4.69, 9.17) is 0 Å². The molecule has 2 aromatic rings. The topological polar surface area (TPSA) is 6.48 Å². The van der Waals surface area contributed by atoms with Crippen molar-refractivity contribution in [2.24, 2.45) is 0 Å². The lowest BCUT2D eigenvalue weighted by Gasteiger charge is -2.47. The number of allylic oxidation sites excluding steroid dienone is 5. The molecular weight excluding hydrogens is 396 g/mol. The predicted octanol–water partition coefficient (Wildman–Crippen LogP) is 6.85. The molecule has 0 N–H and O–H groups in total. The maximum atomic E-state index is 3.69. The van der Waals surface area contributed by atoms with E-state index in [1.165, 1.54) is 28.5 Å². The molecule has 0 spiro atoms. The van der Waals surface area contributed by atoms with Gasteiger partial charge in [-0.1, -0.05) is 58.4 Å². The molecule has 0 bridgehead atoms. The fraction of sp³-hybridized carbons (Fsp3) is 0.167. The summed E-state index contributed by atoms with van der Waals surface area (Å²) in [5.41, 5.74) is 6.33. The van der Waals surface area contributed by atoms with Gasteiger partial charge in [0.15, 0.2) is 0 Å². The van der Waals surface area contributed by atoms with E-state index in [9.17, 15) is 0 Å². The van der Waals surface area contributed by atoms with Gasteiger partial charge < -0.3 is 9.80 Å². The highest BCUT2D eigenvalue weighted by Crippen LogP contribution is 2.48. The molecule has 1 aliphatic heterocycles. The zero-order chi connectivity index (χ0) is 18.2. The van der Waals surface area contributed by atoms with Crippen LogP contribution in [0.2, 0.25) is 0 Å². The number of anilines is 3. The maximum absolute atomic E-state index is 3.69. The number of fused-ring (bicyclic) bond motifs is 2. The molecule has 2 aromatic carbocycles. The van der Waals surface area contributed by atoms with Crippen LogP contribution in [0.1, 0.15) is 19.3 Å². The second kappa shape index (κ2) is 6.90. The van der Waals surface area contributed by atoms with Crippen molar-refractivity contribution in [2.75, 3.05) is 9.80 Å². The first-order valence-corrected chi connectivity index (χ1v) is 10.3. The Morgan fingerprint density at radius 3 is 2.63 bits per heavy atom. The first-order valence-electron chi connectivity index (χ1n) is 9.50. The molecule has 0 aromatic heterocycles. The van der Waals surface area contributed by atoms with Crippen LogP contribution in [0.3, 0.4) is 0 Å². The second-order valence-electron chi connectivity index (χ2n) is 7.05. The van der Waals surface area contributed by atoms with E-state index >= 15 is 0 Å². The molecule has 0 saturated heterocycles. The van der Waals surface area contributed by atoms with E-state index in [1.54, 1.807) is 0 Å². The lowest BCUT2D eigenvalue weighted by Crippen LogP contribution is -2.45. The monoisotopic (exact) mass is 416 g/mol. The Bertz CT molecular complexity index is 985. The van der Waals surface area contributed by atoms with Crippen molar-refractivity contribution in [3.8, 4) is 0 Å². The minimum absolute atomic E-state index is 0.287. The lowest BCUT2D eigenvalue weighted by molar-refractivity contribution is 0.698. The SMILES string of the molecule is Brc1ccc2c(c1)N(c1ccccc1)C1CC=CC=C1N2C1=CCCC=C1. The molecule has 1 unspecified atom stereocenters. The van der Waals surface area contributed by atoms with Gasteiger partial charge >= 0.3 is 0 Å². The Morgan fingerprint density at radius 2 is 1.81 bits per heavy atom. The van der Waals surface area contributed by atoms with E-state index in [0.29, 0.717) is 0 Å². The van der Waals surface area contributed by atoms with E-state index in [-0.39, 0.29) is 6.04 Å². The molecule has 3 heteroatoms. The molecule has 2 nitrogen and oxygen atoms in total. The zero-order valence-corrected chi connectivity index (χ0v) is 16.6. The van der Waals surface area contributed by atoms with Gasteiger partial charge in [-0.3, -0.25) is 0 Å². The molecule has 3 aliphatic rings. The van der Waals surface area contributed by atoms with Crippen molar-refractivity contribution in [2.45, 2.75) is 25.3 Å². The fourth-order valence-electron chi connectivity index (χ4n) is 4.21. The fourth-order valence-corrected chi connectivity index (χ4v) is 4.56. The van der Waals surface area contributed by atoms with Crippen LogP contribution in [0.5, 0.6) is 0 Å². The Morgan fingerprint density at radius 1 is 0.926 bits per heavy atom. The van der Waals surface area contributed by atoms with Crippen LogP contribution in [0.15, 0.2) is 101 Å². The second-order valence-corrected chi connectivity index (χ2v) is 7.97. The largest absolute Gasteiger partial charge is 0.330 e. The van der Waals surface area contributed by atoms with Crippen LogP contribution in [-0.2, 0) is 0 Å². The quantitative estimate of drug-likeness (QED) is 0.527. The van der Waals surface area contributed by atoms with Gasteiger partial charge in [0, 0.05) is 21.6 Å². The van der Waals surface area contributed by atoms with Crippen molar-refractivity contribution in [1.82, 2.24) is 0 Å². The van der Waals surface area contributed by atoms with E-state index in [1.807, 2.05) is 0 Å². The summed E-state index contributed by atoms with van der Waals surface area (Å²) < 4.78 is 1.11. The number of benzene rings is 2. The molecule has 0 saturated carbocycles. The van der Waals surface area contributed by atoms with Crippen LogP contribution in [-0.4, -0.2) is 6.04 Å². The first kappa shape index (κ1) is 16.6. The summed E-state index contributed by atoms with van der Waals surface area (Å²) in [7, 11) is 0. The Hall–Kier alpha value is -2.52. The van der Waals surface area contributed by atoms with Crippen LogP contribution >= 0.6 is 15.9 Å². The van der Waals surface area contributed by atoms with Crippen molar-refractivity contribution in [3.63, 3.8) is 0 Å². The first-order chi connectivity index (χ1) is 13.3. The van der Waals surface area contributed by atoms with Crippen LogP contribution in [0.4, 0.5) is 17.1 Å². The summed E-state index contributed by atoms with van der Waals surface area (Å²) in [6.45, 7) is 0. The summed E-state index contributed by atoms with van der Waals surface area (Å²) in [4.78, 5) is 4.93. The average Bonchev–Trinajstić information content (AvgIpc) is 2.73. The van der Waals surface area contributed by atoms with E-state index in [2.05, 4.69) is 111 Å². The molecule has 0 amide bonds. The summed E-state index contributed by atoms with van der Waals surface area (Å²) in [5, 5.41) is 0. The predicted molar refractivity (Wildman–Crippen MR) is 117 cm³/mol. The number of rotatable bonds is 2. The minimum atomic E-state index is 0.287. The third-order valence-electron chi connectivity index (χ3n) is 5.38. The number of hydrogen-bond acceptors (Lipinski definition) is 2. The normalized spacial score (nSPS) is 20.7. The standard InChI is InChI=1S/C24H21BrN2/c25-18-15-16-23-24(17-18)27(20-11-5-2-6-12-20)22-14-8-7-13-21(22)26(23)19-9-3-1-4-10-19/h2-3,5-13,15-17,22H,1,4,14H2. The van der Waals surface area contributed by atoms with Gasteiger partial charge in [-0.05, 0) is 61.7 Å². The Balaban J connectivity index is 1.75. The zero-order valence-electron chi connectivity index (χ0n) is 15.1. The molecule has 1 atom stereocenters. The maximum Gasteiger partial charge on any atom is 0.0781 e. The van der Waals surface area contributed by atoms with Gasteiger partial charge in [-0.2, -0.15) is 0 Å². The van der Waals surface area contributed by atoms with Gasteiger partial charge in [-0.25, -0.2) is 0 Å². The highest BCUT2D eigenvalue weighted by atomic mass is 79.9. The van der Waals surface area contributed by atoms with Crippen LogP contribution < -0.4 is 9.80 Å². The molecule has 0 fully saturated rings. The number of halogens is 1. The van der Waals surface area contributed by atoms with Crippen LogP contribution in [0, 0.1) is 0 Å². The Kier molecular flexibility index (Phi) is 4.25. The average molecular weight is 417 g/mol. The van der Waals surface area contributed by atoms with Crippen molar-refractivity contribution < 1.29 is 0 Å². The third kappa shape index (κ3) is 2.87. The summed E-state index contributed by atoms with van der Waals surface area (Å²) in [6, 6.07) is 17.6. The van der Waals surface area contributed by atoms with Crippen molar-refractivity contribution in [3.05, 3.63) is 101 Å². The third-order valence-corrected chi connectivity index (χ3v) is 5.87. The molecule has 27 heavy (non-hydrogen) atoms. The molecular formula is C24H21BrN2. The summed E-state index contributed by atoms with van der Waals surface area (Å²) in [5.74, 6) is 0. The molecule has 1 heterocycles. The van der Waals surface area contributed by atoms with Crippen LogP contribution in [0.25, 0.3) is 0 Å².